The maximum Gasteiger partial charge on any atom is 0.260 e. The second-order valence-electron chi connectivity index (χ2n) is 6.75. The standard InChI is InChI=1S/C19H23N7O2/c1-3-26-19-17(22-23-26)18(20-13-21-19)25-9-7-24(8-10-25)16(27)12-28-15-6-4-5-14(2)11-15/h4-6,11,13H,3,7-10,12H2,1-2H3. The van der Waals surface area contributed by atoms with E-state index in [9.17, 15) is 4.79 Å². The van der Waals surface area contributed by atoms with Gasteiger partial charge in [0.15, 0.2) is 23.6 Å². The van der Waals surface area contributed by atoms with Gasteiger partial charge in [-0.2, -0.15) is 0 Å². The molecule has 9 nitrogen and oxygen atoms in total. The summed E-state index contributed by atoms with van der Waals surface area (Å²) in [6.45, 7) is 7.34. The third kappa shape index (κ3) is 3.60. The van der Waals surface area contributed by atoms with E-state index in [1.54, 1.807) is 11.0 Å². The van der Waals surface area contributed by atoms with Crippen LogP contribution in [0.2, 0.25) is 0 Å². The average molecular weight is 381 g/mol. The molecule has 0 spiro atoms. The summed E-state index contributed by atoms with van der Waals surface area (Å²) in [5.74, 6) is 1.48. The highest BCUT2D eigenvalue weighted by molar-refractivity contribution is 5.83. The fraction of sp³-hybridized carbons (Fsp3) is 0.421. The van der Waals surface area contributed by atoms with Crippen LogP contribution >= 0.6 is 0 Å². The minimum atomic E-state index is -0.00841. The molecule has 146 valence electrons. The van der Waals surface area contributed by atoms with Gasteiger partial charge in [-0.25, -0.2) is 14.6 Å². The first-order valence-electron chi connectivity index (χ1n) is 9.42. The van der Waals surface area contributed by atoms with Crippen LogP contribution in [0.4, 0.5) is 5.82 Å². The number of amides is 1. The quantitative estimate of drug-likeness (QED) is 0.658. The summed E-state index contributed by atoms with van der Waals surface area (Å²) >= 11 is 0. The van der Waals surface area contributed by atoms with Gasteiger partial charge in [-0.3, -0.25) is 4.79 Å². The molecule has 0 unspecified atom stereocenters. The molecule has 1 saturated heterocycles. The van der Waals surface area contributed by atoms with Crippen molar-refractivity contribution in [1.82, 2.24) is 29.9 Å². The van der Waals surface area contributed by atoms with E-state index in [1.165, 1.54) is 0 Å². The first-order chi connectivity index (χ1) is 13.7. The van der Waals surface area contributed by atoms with Crippen LogP contribution in [0.5, 0.6) is 5.75 Å². The summed E-state index contributed by atoms with van der Waals surface area (Å²) in [5, 5.41) is 8.36. The van der Waals surface area contributed by atoms with Crippen LogP contribution in [0.3, 0.4) is 0 Å². The molecule has 0 saturated carbocycles. The topological polar surface area (TPSA) is 89.3 Å². The van der Waals surface area contributed by atoms with Crippen molar-refractivity contribution in [2.45, 2.75) is 20.4 Å². The Morgan fingerprint density at radius 2 is 2.00 bits per heavy atom. The van der Waals surface area contributed by atoms with Gasteiger partial charge in [-0.05, 0) is 31.5 Å². The maximum atomic E-state index is 12.5. The third-order valence-electron chi connectivity index (χ3n) is 4.86. The van der Waals surface area contributed by atoms with Crippen LogP contribution in [0.15, 0.2) is 30.6 Å². The fourth-order valence-electron chi connectivity index (χ4n) is 3.33. The van der Waals surface area contributed by atoms with Crippen LogP contribution < -0.4 is 9.64 Å². The molecule has 0 N–H and O–H groups in total. The number of piperazine rings is 1. The second-order valence-corrected chi connectivity index (χ2v) is 6.75. The average Bonchev–Trinajstić information content (AvgIpc) is 3.15. The Morgan fingerprint density at radius 3 is 2.75 bits per heavy atom. The van der Waals surface area contributed by atoms with Gasteiger partial charge in [0.1, 0.15) is 12.1 Å². The Bertz CT molecular complexity index is 979. The largest absolute Gasteiger partial charge is 0.484 e. The Morgan fingerprint density at radius 1 is 1.18 bits per heavy atom. The van der Waals surface area contributed by atoms with Crippen molar-refractivity contribution in [2.24, 2.45) is 0 Å². The highest BCUT2D eigenvalue weighted by atomic mass is 16.5. The van der Waals surface area contributed by atoms with Crippen LogP contribution in [0.1, 0.15) is 12.5 Å². The molecular weight excluding hydrogens is 358 g/mol. The van der Waals surface area contributed by atoms with E-state index in [1.807, 2.05) is 43.0 Å². The van der Waals surface area contributed by atoms with Crippen molar-refractivity contribution in [2.75, 3.05) is 37.7 Å². The zero-order valence-electron chi connectivity index (χ0n) is 16.1. The van der Waals surface area contributed by atoms with E-state index in [0.29, 0.717) is 38.2 Å². The predicted molar refractivity (Wildman–Crippen MR) is 104 cm³/mol. The molecule has 3 aromatic rings. The highest BCUT2D eigenvalue weighted by Crippen LogP contribution is 2.21. The smallest absolute Gasteiger partial charge is 0.260 e. The predicted octanol–water partition coefficient (Wildman–Crippen LogP) is 1.28. The summed E-state index contributed by atoms with van der Waals surface area (Å²) in [6.07, 6.45) is 1.54. The van der Waals surface area contributed by atoms with Crippen LogP contribution in [0, 0.1) is 6.92 Å². The van der Waals surface area contributed by atoms with Crippen molar-refractivity contribution < 1.29 is 9.53 Å². The van der Waals surface area contributed by atoms with Crippen molar-refractivity contribution in [3.05, 3.63) is 36.2 Å². The zero-order chi connectivity index (χ0) is 19.5. The summed E-state index contributed by atoms with van der Waals surface area (Å²) in [6, 6.07) is 7.71. The Kier molecular flexibility index (Phi) is 5.05. The van der Waals surface area contributed by atoms with Gasteiger partial charge >= 0.3 is 0 Å². The van der Waals surface area contributed by atoms with Crippen LogP contribution in [0.25, 0.3) is 11.2 Å². The summed E-state index contributed by atoms with van der Waals surface area (Å²) in [7, 11) is 0. The molecule has 1 amide bonds. The number of hydrogen-bond donors (Lipinski definition) is 0. The lowest BCUT2D eigenvalue weighted by atomic mass is 10.2. The lowest BCUT2D eigenvalue weighted by Gasteiger charge is -2.35. The molecule has 1 aliphatic rings. The van der Waals surface area contributed by atoms with Crippen molar-refractivity contribution in [1.29, 1.82) is 0 Å². The first kappa shape index (κ1) is 18.1. The third-order valence-corrected chi connectivity index (χ3v) is 4.86. The molecular formula is C19H23N7O2. The number of aryl methyl sites for hydroxylation is 2. The van der Waals surface area contributed by atoms with Gasteiger partial charge in [-0.1, -0.05) is 17.3 Å². The van der Waals surface area contributed by atoms with E-state index in [0.717, 1.165) is 22.8 Å². The van der Waals surface area contributed by atoms with Crippen molar-refractivity contribution in [3.63, 3.8) is 0 Å². The van der Waals surface area contributed by atoms with Gasteiger partial charge in [0.05, 0.1) is 0 Å². The van der Waals surface area contributed by atoms with E-state index in [4.69, 9.17) is 4.74 Å². The van der Waals surface area contributed by atoms with E-state index in [2.05, 4.69) is 25.2 Å². The molecule has 4 rings (SSSR count). The minimum absolute atomic E-state index is 0.00841. The van der Waals surface area contributed by atoms with Gasteiger partial charge in [0.25, 0.3) is 5.91 Å². The number of nitrogens with zero attached hydrogens (tertiary/aromatic N) is 7. The van der Waals surface area contributed by atoms with Gasteiger partial charge < -0.3 is 14.5 Å². The monoisotopic (exact) mass is 381 g/mol. The van der Waals surface area contributed by atoms with Crippen molar-refractivity contribution >= 4 is 22.9 Å². The summed E-state index contributed by atoms with van der Waals surface area (Å²) < 4.78 is 7.39. The number of ether oxygens (including phenoxy) is 1. The molecule has 2 aromatic heterocycles. The zero-order valence-corrected chi connectivity index (χ0v) is 16.1. The molecule has 0 atom stereocenters. The maximum absolute atomic E-state index is 12.5. The summed E-state index contributed by atoms with van der Waals surface area (Å²) in [5.41, 5.74) is 2.54. The first-order valence-corrected chi connectivity index (χ1v) is 9.42. The normalized spacial score (nSPS) is 14.5. The lowest BCUT2D eigenvalue weighted by Crippen LogP contribution is -2.50. The van der Waals surface area contributed by atoms with E-state index < -0.39 is 0 Å². The van der Waals surface area contributed by atoms with Crippen molar-refractivity contribution in [3.8, 4) is 5.75 Å². The lowest BCUT2D eigenvalue weighted by molar-refractivity contribution is -0.133. The van der Waals surface area contributed by atoms with Gasteiger partial charge in [0, 0.05) is 32.7 Å². The molecule has 1 aromatic carbocycles. The summed E-state index contributed by atoms with van der Waals surface area (Å²) in [4.78, 5) is 25.1. The van der Waals surface area contributed by atoms with Gasteiger partial charge in [0.2, 0.25) is 0 Å². The minimum Gasteiger partial charge on any atom is -0.484 e. The number of aromatic nitrogens is 5. The van der Waals surface area contributed by atoms with Gasteiger partial charge in [-0.15, -0.1) is 5.10 Å². The molecule has 0 aliphatic carbocycles. The Hall–Kier alpha value is -3.23. The molecule has 3 heterocycles. The number of rotatable bonds is 5. The number of fused-ring (bicyclic) bond motifs is 1. The Balaban J connectivity index is 1.37. The number of anilines is 1. The fourth-order valence-corrected chi connectivity index (χ4v) is 3.33. The van der Waals surface area contributed by atoms with Crippen LogP contribution in [-0.2, 0) is 11.3 Å². The molecule has 0 bridgehead atoms. The van der Waals surface area contributed by atoms with E-state index in [-0.39, 0.29) is 12.5 Å². The Labute approximate surface area is 162 Å². The second kappa shape index (κ2) is 7.79. The molecule has 1 aliphatic heterocycles. The molecule has 1 fully saturated rings. The number of hydrogen-bond acceptors (Lipinski definition) is 7. The molecule has 0 radical (unpaired) electrons. The molecule has 9 heteroatoms. The van der Waals surface area contributed by atoms with E-state index >= 15 is 0 Å². The number of carbonyl (C=O) groups excluding carboxylic acids is 1. The number of benzene rings is 1. The number of carbonyl (C=O) groups is 1. The molecule has 28 heavy (non-hydrogen) atoms. The van der Waals surface area contributed by atoms with Crippen LogP contribution in [-0.4, -0.2) is 68.6 Å². The highest BCUT2D eigenvalue weighted by Gasteiger charge is 2.24. The SMILES string of the molecule is CCn1nnc2c(N3CCN(C(=O)COc4cccc(C)c4)CC3)ncnc21.